The van der Waals surface area contributed by atoms with Gasteiger partial charge >= 0.3 is 0 Å². The van der Waals surface area contributed by atoms with Gasteiger partial charge in [-0.1, -0.05) is 30.3 Å². The molecule has 30 heavy (non-hydrogen) atoms. The lowest BCUT2D eigenvalue weighted by Gasteiger charge is -2.10. The molecule has 0 N–H and O–H groups in total. The minimum absolute atomic E-state index is 0.612. The number of ether oxygens (including phenoxy) is 1. The maximum absolute atomic E-state index is 5.33. The summed E-state index contributed by atoms with van der Waals surface area (Å²) in [6, 6.07) is 20.1. The SMILES string of the molecule is COCCn1c(Sc2nc(-c3ccncc3)nc3ccccc23)nc2ccccc21. The molecule has 5 aromatic rings. The Labute approximate surface area is 178 Å². The summed E-state index contributed by atoms with van der Waals surface area (Å²) < 4.78 is 7.51. The Bertz CT molecular complexity index is 1320. The molecule has 0 aliphatic heterocycles. The standard InChI is InChI=1S/C23H19N5OS/c1-29-15-14-28-20-9-5-4-8-19(20)26-23(28)30-22-17-6-2-3-7-18(17)25-21(27-22)16-10-12-24-13-11-16/h2-13H,14-15H2,1H3. The van der Waals surface area contributed by atoms with Crippen molar-refractivity contribution >= 4 is 33.7 Å². The molecule has 0 aliphatic carbocycles. The summed E-state index contributed by atoms with van der Waals surface area (Å²) in [6.45, 7) is 1.33. The number of imidazole rings is 1. The number of rotatable bonds is 6. The second kappa shape index (κ2) is 8.22. The number of benzene rings is 2. The predicted octanol–water partition coefficient (Wildman–Crippen LogP) is 4.84. The molecule has 0 spiro atoms. The van der Waals surface area contributed by atoms with Gasteiger partial charge in [0.25, 0.3) is 0 Å². The van der Waals surface area contributed by atoms with Crippen molar-refractivity contribution in [2.75, 3.05) is 13.7 Å². The highest BCUT2D eigenvalue weighted by Gasteiger charge is 2.16. The molecule has 0 saturated heterocycles. The topological polar surface area (TPSA) is 65.7 Å². The maximum Gasteiger partial charge on any atom is 0.175 e. The fourth-order valence-corrected chi connectivity index (χ4v) is 4.40. The second-order valence-corrected chi connectivity index (χ2v) is 7.69. The largest absolute Gasteiger partial charge is 0.383 e. The first-order chi connectivity index (χ1) is 14.8. The molecule has 3 heterocycles. The van der Waals surface area contributed by atoms with E-state index in [1.165, 1.54) is 0 Å². The van der Waals surface area contributed by atoms with Gasteiger partial charge in [0.05, 0.1) is 23.2 Å². The van der Waals surface area contributed by atoms with E-state index in [0.717, 1.165) is 44.2 Å². The molecular weight excluding hydrogens is 394 g/mol. The van der Waals surface area contributed by atoms with E-state index >= 15 is 0 Å². The van der Waals surface area contributed by atoms with Crippen LogP contribution in [0.3, 0.4) is 0 Å². The predicted molar refractivity (Wildman–Crippen MR) is 119 cm³/mol. The van der Waals surface area contributed by atoms with Crippen molar-refractivity contribution in [3.05, 3.63) is 73.1 Å². The minimum Gasteiger partial charge on any atom is -0.383 e. The molecule has 148 valence electrons. The number of pyridine rings is 1. The number of aromatic nitrogens is 5. The molecule has 0 amide bonds. The van der Waals surface area contributed by atoms with Gasteiger partial charge in [-0.05, 0) is 42.1 Å². The van der Waals surface area contributed by atoms with E-state index < -0.39 is 0 Å². The van der Waals surface area contributed by atoms with E-state index in [0.29, 0.717) is 12.4 Å². The van der Waals surface area contributed by atoms with Gasteiger partial charge in [0.2, 0.25) is 0 Å². The Morgan fingerprint density at radius 3 is 2.47 bits per heavy atom. The molecule has 0 saturated carbocycles. The van der Waals surface area contributed by atoms with Crippen LogP contribution in [0.1, 0.15) is 0 Å². The van der Waals surface area contributed by atoms with Gasteiger partial charge in [0, 0.05) is 37.0 Å². The number of methoxy groups -OCH3 is 1. The molecule has 5 rings (SSSR count). The molecule has 6 nitrogen and oxygen atoms in total. The Morgan fingerprint density at radius 1 is 0.867 bits per heavy atom. The van der Waals surface area contributed by atoms with Crippen molar-refractivity contribution < 1.29 is 4.74 Å². The molecule has 0 bridgehead atoms. The van der Waals surface area contributed by atoms with E-state index in [-0.39, 0.29) is 0 Å². The van der Waals surface area contributed by atoms with Crippen LogP contribution in [0, 0.1) is 0 Å². The zero-order chi connectivity index (χ0) is 20.3. The van der Waals surface area contributed by atoms with Crippen LogP contribution >= 0.6 is 11.8 Å². The lowest BCUT2D eigenvalue weighted by molar-refractivity contribution is 0.186. The number of para-hydroxylation sites is 3. The van der Waals surface area contributed by atoms with Crippen molar-refractivity contribution in [3.8, 4) is 11.4 Å². The van der Waals surface area contributed by atoms with Gasteiger partial charge in [-0.25, -0.2) is 15.0 Å². The lowest BCUT2D eigenvalue weighted by atomic mass is 10.2. The zero-order valence-corrected chi connectivity index (χ0v) is 17.2. The summed E-state index contributed by atoms with van der Waals surface area (Å²) in [6.07, 6.45) is 3.51. The van der Waals surface area contributed by atoms with Crippen molar-refractivity contribution in [3.63, 3.8) is 0 Å². The average molecular weight is 414 g/mol. The summed E-state index contributed by atoms with van der Waals surface area (Å²) >= 11 is 1.56. The Kier molecular flexibility index (Phi) is 5.13. The first kappa shape index (κ1) is 18.7. The second-order valence-electron chi connectivity index (χ2n) is 6.73. The smallest absolute Gasteiger partial charge is 0.175 e. The number of hydrogen-bond acceptors (Lipinski definition) is 6. The molecule has 0 atom stereocenters. The van der Waals surface area contributed by atoms with E-state index in [1.807, 2.05) is 48.5 Å². The van der Waals surface area contributed by atoms with Gasteiger partial charge in [-0.15, -0.1) is 0 Å². The van der Waals surface area contributed by atoms with E-state index in [4.69, 9.17) is 19.7 Å². The van der Waals surface area contributed by atoms with Crippen LogP contribution in [-0.2, 0) is 11.3 Å². The van der Waals surface area contributed by atoms with Crippen LogP contribution in [0.5, 0.6) is 0 Å². The third-order valence-electron chi connectivity index (χ3n) is 4.83. The van der Waals surface area contributed by atoms with Crippen LogP contribution in [0.4, 0.5) is 0 Å². The number of nitrogens with zero attached hydrogens (tertiary/aromatic N) is 5. The number of hydrogen-bond donors (Lipinski definition) is 0. The van der Waals surface area contributed by atoms with E-state index in [9.17, 15) is 0 Å². The summed E-state index contributed by atoms with van der Waals surface area (Å²) in [4.78, 5) is 18.6. The van der Waals surface area contributed by atoms with Gasteiger partial charge < -0.3 is 9.30 Å². The quantitative estimate of drug-likeness (QED) is 0.371. The molecule has 2 aromatic carbocycles. The van der Waals surface area contributed by atoms with Gasteiger partial charge in [0.1, 0.15) is 5.03 Å². The first-order valence-electron chi connectivity index (χ1n) is 9.63. The van der Waals surface area contributed by atoms with E-state index in [1.54, 1.807) is 31.3 Å². The zero-order valence-electron chi connectivity index (χ0n) is 16.4. The van der Waals surface area contributed by atoms with Gasteiger partial charge in [-0.3, -0.25) is 4.98 Å². The van der Waals surface area contributed by atoms with Gasteiger partial charge in [-0.2, -0.15) is 0 Å². The molecule has 0 radical (unpaired) electrons. The molecular formula is C23H19N5OS. The Balaban J connectivity index is 1.65. The average Bonchev–Trinajstić information content (AvgIpc) is 3.15. The van der Waals surface area contributed by atoms with Crippen LogP contribution in [0.25, 0.3) is 33.3 Å². The maximum atomic E-state index is 5.33. The van der Waals surface area contributed by atoms with Crippen LogP contribution in [-0.4, -0.2) is 38.2 Å². The van der Waals surface area contributed by atoms with Crippen molar-refractivity contribution in [1.82, 2.24) is 24.5 Å². The van der Waals surface area contributed by atoms with Crippen LogP contribution in [0.15, 0.2) is 83.2 Å². The van der Waals surface area contributed by atoms with Crippen molar-refractivity contribution in [1.29, 1.82) is 0 Å². The Hall–Kier alpha value is -3.29. The summed E-state index contributed by atoms with van der Waals surface area (Å²) in [5.74, 6) is 0.679. The minimum atomic E-state index is 0.612. The Morgan fingerprint density at radius 2 is 1.63 bits per heavy atom. The van der Waals surface area contributed by atoms with Crippen molar-refractivity contribution in [2.24, 2.45) is 0 Å². The highest BCUT2D eigenvalue weighted by atomic mass is 32.2. The van der Waals surface area contributed by atoms with Crippen molar-refractivity contribution in [2.45, 2.75) is 16.7 Å². The molecule has 3 aromatic heterocycles. The van der Waals surface area contributed by atoms with Crippen LogP contribution < -0.4 is 0 Å². The third kappa shape index (κ3) is 3.53. The molecule has 0 unspecified atom stereocenters. The normalized spacial score (nSPS) is 11.4. The van der Waals surface area contributed by atoms with Crippen LogP contribution in [0.2, 0.25) is 0 Å². The third-order valence-corrected chi connectivity index (χ3v) is 5.83. The monoisotopic (exact) mass is 413 g/mol. The lowest BCUT2D eigenvalue weighted by Crippen LogP contribution is -2.05. The first-order valence-corrected chi connectivity index (χ1v) is 10.4. The van der Waals surface area contributed by atoms with Gasteiger partial charge in [0.15, 0.2) is 11.0 Å². The van der Waals surface area contributed by atoms with E-state index in [2.05, 4.69) is 21.7 Å². The molecule has 7 heteroatoms. The highest BCUT2D eigenvalue weighted by molar-refractivity contribution is 7.99. The number of fused-ring (bicyclic) bond motifs is 2. The summed E-state index contributed by atoms with van der Waals surface area (Å²) in [5, 5.41) is 2.77. The summed E-state index contributed by atoms with van der Waals surface area (Å²) in [5.41, 5.74) is 3.89. The molecule has 0 aliphatic rings. The summed E-state index contributed by atoms with van der Waals surface area (Å²) in [7, 11) is 1.71. The highest BCUT2D eigenvalue weighted by Crippen LogP contribution is 2.34. The fourth-order valence-electron chi connectivity index (χ4n) is 3.37. The molecule has 0 fully saturated rings. The fraction of sp³-hybridized carbons (Fsp3) is 0.130.